The van der Waals surface area contributed by atoms with E-state index < -0.39 is 23.6 Å². The molecule has 0 bridgehead atoms. The summed E-state index contributed by atoms with van der Waals surface area (Å²) in [5, 5.41) is 3.84. The van der Waals surface area contributed by atoms with Crippen molar-refractivity contribution in [1.29, 1.82) is 0 Å². The fourth-order valence-corrected chi connectivity index (χ4v) is 5.93. The van der Waals surface area contributed by atoms with E-state index in [-0.39, 0.29) is 42.0 Å². The van der Waals surface area contributed by atoms with E-state index in [1.54, 1.807) is 24.3 Å². The van der Waals surface area contributed by atoms with Crippen molar-refractivity contribution in [3.05, 3.63) is 95.1 Å². The number of ether oxygens (including phenoxy) is 1. The van der Waals surface area contributed by atoms with Gasteiger partial charge in [0.15, 0.2) is 5.69 Å². The van der Waals surface area contributed by atoms with Crippen molar-refractivity contribution >= 4 is 11.6 Å². The molecule has 4 aromatic rings. The van der Waals surface area contributed by atoms with Gasteiger partial charge in [-0.05, 0) is 91.9 Å². The van der Waals surface area contributed by atoms with Gasteiger partial charge in [-0.25, -0.2) is 9.07 Å². The number of aromatic nitrogens is 2. The van der Waals surface area contributed by atoms with Gasteiger partial charge in [0.2, 0.25) is 0 Å². The van der Waals surface area contributed by atoms with Crippen molar-refractivity contribution < 1.29 is 27.1 Å². The van der Waals surface area contributed by atoms with Crippen LogP contribution in [-0.2, 0) is 19.1 Å². The zero-order valence-electron chi connectivity index (χ0n) is 23.1. The molecule has 2 aliphatic heterocycles. The molecule has 0 aliphatic carbocycles. The highest BCUT2D eigenvalue weighted by molar-refractivity contribution is 6.07. The van der Waals surface area contributed by atoms with Gasteiger partial charge in [-0.3, -0.25) is 9.69 Å². The number of carbonyl (C=O) groups is 1. The minimum Gasteiger partial charge on any atom is -0.497 e. The number of alkyl halides is 3. The molecule has 3 aromatic carbocycles. The van der Waals surface area contributed by atoms with E-state index in [2.05, 4.69) is 10.00 Å². The molecule has 1 fully saturated rings. The van der Waals surface area contributed by atoms with Crippen LogP contribution in [0.2, 0.25) is 0 Å². The van der Waals surface area contributed by atoms with Crippen molar-refractivity contribution in [2.45, 2.75) is 38.4 Å². The summed E-state index contributed by atoms with van der Waals surface area (Å²) >= 11 is 0. The Bertz CT molecular complexity index is 1610. The topological polar surface area (TPSA) is 50.6 Å². The van der Waals surface area contributed by atoms with Crippen LogP contribution in [0.3, 0.4) is 0 Å². The monoisotopic (exact) mass is 578 g/mol. The largest absolute Gasteiger partial charge is 0.497 e. The highest BCUT2D eigenvalue weighted by Crippen LogP contribution is 2.38. The number of anilines is 1. The van der Waals surface area contributed by atoms with E-state index in [1.165, 1.54) is 43.1 Å². The molecule has 1 amide bonds. The first-order valence-corrected chi connectivity index (χ1v) is 14.0. The summed E-state index contributed by atoms with van der Waals surface area (Å²) in [6, 6.07) is 18.8. The fourth-order valence-electron chi connectivity index (χ4n) is 5.93. The van der Waals surface area contributed by atoms with Crippen LogP contribution in [0.15, 0.2) is 66.7 Å². The van der Waals surface area contributed by atoms with Gasteiger partial charge in [0, 0.05) is 18.7 Å². The van der Waals surface area contributed by atoms with Gasteiger partial charge in [0.25, 0.3) is 5.91 Å². The van der Waals surface area contributed by atoms with E-state index in [0.717, 1.165) is 35.4 Å². The Morgan fingerprint density at radius 3 is 2.36 bits per heavy atom. The Hall–Kier alpha value is -4.18. The maximum Gasteiger partial charge on any atom is 0.435 e. The third-order valence-electron chi connectivity index (χ3n) is 7.98. The number of likely N-dealkylation sites (tertiary alicyclic amines) is 1. The van der Waals surface area contributed by atoms with Crippen molar-refractivity contribution in [3.63, 3.8) is 0 Å². The molecular weight excluding hydrogens is 548 g/mol. The molecule has 0 saturated carbocycles. The molecule has 6 nitrogen and oxygen atoms in total. The molecule has 1 saturated heterocycles. The van der Waals surface area contributed by atoms with E-state index in [1.807, 2.05) is 24.3 Å². The predicted octanol–water partition coefficient (Wildman–Crippen LogP) is 6.89. The first-order chi connectivity index (χ1) is 20.2. The predicted molar refractivity (Wildman–Crippen MR) is 151 cm³/mol. The van der Waals surface area contributed by atoms with Gasteiger partial charge in [-0.2, -0.15) is 18.3 Å². The Labute approximate surface area is 241 Å². The summed E-state index contributed by atoms with van der Waals surface area (Å²) in [6.45, 7) is 2.90. The molecule has 3 heterocycles. The Morgan fingerprint density at radius 2 is 1.67 bits per heavy atom. The van der Waals surface area contributed by atoms with Gasteiger partial charge in [0.1, 0.15) is 17.3 Å². The van der Waals surface area contributed by atoms with Crippen LogP contribution in [0.25, 0.3) is 16.8 Å². The number of rotatable bonds is 6. The maximum absolute atomic E-state index is 15.8. The third-order valence-corrected chi connectivity index (χ3v) is 7.98. The van der Waals surface area contributed by atoms with Gasteiger partial charge in [-0.1, -0.05) is 30.3 Å². The first-order valence-electron chi connectivity index (χ1n) is 14.0. The normalized spacial score (nSPS) is 16.0. The van der Waals surface area contributed by atoms with Crippen LogP contribution in [-0.4, -0.2) is 47.3 Å². The molecule has 2 aliphatic rings. The van der Waals surface area contributed by atoms with E-state index in [9.17, 15) is 18.0 Å². The summed E-state index contributed by atoms with van der Waals surface area (Å²) in [5.41, 5.74) is 1.46. The van der Waals surface area contributed by atoms with Crippen LogP contribution < -0.4 is 9.64 Å². The van der Waals surface area contributed by atoms with Crippen molar-refractivity contribution in [1.82, 2.24) is 14.7 Å². The molecule has 42 heavy (non-hydrogen) atoms. The number of hydrogen-bond acceptors (Lipinski definition) is 4. The summed E-state index contributed by atoms with van der Waals surface area (Å²) in [7, 11) is 1.48. The average molecular weight is 579 g/mol. The zero-order valence-corrected chi connectivity index (χ0v) is 23.1. The van der Waals surface area contributed by atoms with E-state index >= 15 is 4.39 Å². The number of hydrogen-bond donors (Lipinski definition) is 0. The number of benzene rings is 3. The lowest BCUT2D eigenvalue weighted by Gasteiger charge is -2.23. The smallest absolute Gasteiger partial charge is 0.435 e. The number of halogens is 4. The molecule has 0 atom stereocenters. The third kappa shape index (κ3) is 5.27. The lowest BCUT2D eigenvalue weighted by Crippen LogP contribution is -2.33. The summed E-state index contributed by atoms with van der Waals surface area (Å²) < 4.78 is 64.1. The Kier molecular flexibility index (Phi) is 7.49. The number of methoxy groups -OCH3 is 1. The zero-order chi connectivity index (χ0) is 29.4. The van der Waals surface area contributed by atoms with Gasteiger partial charge < -0.3 is 9.64 Å². The lowest BCUT2D eigenvalue weighted by molar-refractivity contribution is -0.141. The van der Waals surface area contributed by atoms with E-state index in [4.69, 9.17) is 4.74 Å². The van der Waals surface area contributed by atoms with Crippen LogP contribution in [0.4, 0.5) is 23.2 Å². The molecule has 0 radical (unpaired) electrons. The fraction of sp³-hybridized carbons (Fsp3) is 0.312. The number of carbonyl (C=O) groups excluding carboxylic acids is 1. The van der Waals surface area contributed by atoms with Crippen LogP contribution >= 0.6 is 0 Å². The second-order valence-corrected chi connectivity index (χ2v) is 10.7. The quantitative estimate of drug-likeness (QED) is 0.234. The molecule has 218 valence electrons. The number of nitrogens with zero attached hydrogens (tertiary/aromatic N) is 4. The molecule has 10 heteroatoms. The van der Waals surface area contributed by atoms with Crippen molar-refractivity contribution in [2.24, 2.45) is 0 Å². The molecule has 0 unspecified atom stereocenters. The van der Waals surface area contributed by atoms with Crippen molar-refractivity contribution in [3.8, 4) is 22.6 Å². The minimum absolute atomic E-state index is 0.0182. The SMILES string of the molecule is COc1ccc(-n2nc(C(F)(F)F)c3c2C(=O)N(c2ccc(-c4ccccc4CN4CCCC4)cc2F)CCC3)cc1. The van der Waals surface area contributed by atoms with Crippen molar-refractivity contribution in [2.75, 3.05) is 31.6 Å². The lowest BCUT2D eigenvalue weighted by atomic mass is 9.98. The van der Waals surface area contributed by atoms with Gasteiger partial charge in [-0.15, -0.1) is 0 Å². The van der Waals surface area contributed by atoms with Crippen LogP contribution in [0, 0.1) is 5.82 Å². The molecule has 0 spiro atoms. The first kappa shape index (κ1) is 28.0. The highest BCUT2D eigenvalue weighted by atomic mass is 19.4. The second kappa shape index (κ2) is 11.2. The van der Waals surface area contributed by atoms with E-state index in [0.29, 0.717) is 11.3 Å². The molecular formula is C32H30F4N4O2. The average Bonchev–Trinajstić information content (AvgIpc) is 3.60. The number of fused-ring (bicyclic) bond motifs is 1. The number of amides is 1. The second-order valence-electron chi connectivity index (χ2n) is 10.7. The van der Waals surface area contributed by atoms with Crippen LogP contribution in [0.1, 0.15) is 46.6 Å². The molecule has 0 N–H and O–H groups in total. The minimum atomic E-state index is -4.76. The maximum atomic E-state index is 15.8. The van der Waals surface area contributed by atoms with Crippen LogP contribution in [0.5, 0.6) is 5.75 Å². The summed E-state index contributed by atoms with van der Waals surface area (Å²) in [5.74, 6) is -0.848. The van der Waals surface area contributed by atoms with Gasteiger partial charge >= 0.3 is 6.18 Å². The highest BCUT2D eigenvalue weighted by Gasteiger charge is 2.42. The van der Waals surface area contributed by atoms with Gasteiger partial charge in [0.05, 0.1) is 18.5 Å². The Balaban J connectivity index is 1.38. The standard InChI is InChI=1S/C32H30F4N4O2/c1-42-24-13-11-23(12-14-24)40-29-26(30(37-40)32(34,35)36)9-6-18-39(31(29)41)28-15-10-21(19-27(28)33)25-8-3-2-7-22(25)20-38-16-4-5-17-38/h2-3,7-8,10-15,19H,4-6,9,16-18,20H2,1H3. The molecule has 6 rings (SSSR count). The Morgan fingerprint density at radius 1 is 0.929 bits per heavy atom. The summed E-state index contributed by atoms with van der Waals surface area (Å²) in [6.07, 6.45) is -2.23. The molecule has 1 aromatic heterocycles. The summed E-state index contributed by atoms with van der Waals surface area (Å²) in [4.78, 5) is 17.5.